The molecule has 25 heavy (non-hydrogen) atoms. The Labute approximate surface area is 155 Å². The van der Waals surface area contributed by atoms with Crippen molar-refractivity contribution in [2.75, 3.05) is 18.1 Å². The van der Waals surface area contributed by atoms with E-state index in [1.165, 1.54) is 6.92 Å². The van der Waals surface area contributed by atoms with Gasteiger partial charge in [-0.2, -0.15) is 0 Å². The van der Waals surface area contributed by atoms with Gasteiger partial charge in [-0.15, -0.1) is 0 Å². The number of ether oxygens (including phenoxy) is 1. The second-order valence-electron chi connectivity index (χ2n) is 5.60. The molecule has 0 aromatic heterocycles. The van der Waals surface area contributed by atoms with E-state index in [0.717, 1.165) is 0 Å². The first-order valence-electron chi connectivity index (χ1n) is 7.72. The van der Waals surface area contributed by atoms with Crippen LogP contribution in [0, 0.1) is 0 Å². The summed E-state index contributed by atoms with van der Waals surface area (Å²) in [5, 5.41) is 3.76. The molecule has 3 rings (SSSR count). The molecule has 1 aliphatic rings. The molecule has 0 unspecified atom stereocenters. The summed E-state index contributed by atoms with van der Waals surface area (Å²) in [4.78, 5) is 25.7. The molecule has 1 atom stereocenters. The molecule has 0 saturated carbocycles. The number of rotatable bonds is 5. The van der Waals surface area contributed by atoms with Gasteiger partial charge in [0.05, 0.1) is 17.3 Å². The minimum absolute atomic E-state index is 0.224. The van der Waals surface area contributed by atoms with Gasteiger partial charge >= 0.3 is 0 Å². The molecule has 0 bridgehead atoms. The van der Waals surface area contributed by atoms with E-state index in [9.17, 15) is 9.59 Å². The van der Waals surface area contributed by atoms with Gasteiger partial charge in [0.25, 0.3) is 5.91 Å². The average molecular weight is 379 g/mol. The van der Waals surface area contributed by atoms with Crippen LogP contribution in [0.2, 0.25) is 10.0 Å². The summed E-state index contributed by atoms with van der Waals surface area (Å²) < 4.78 is 5.66. The van der Waals surface area contributed by atoms with E-state index in [0.29, 0.717) is 33.6 Å². The summed E-state index contributed by atoms with van der Waals surface area (Å²) in [7, 11) is 0. The molecule has 2 aromatic rings. The molecule has 0 radical (unpaired) electrons. The number of anilines is 1. The predicted molar refractivity (Wildman–Crippen MR) is 97.3 cm³/mol. The average Bonchev–Trinajstić information content (AvgIpc) is 2.83. The lowest BCUT2D eigenvalue weighted by Crippen LogP contribution is -2.38. The van der Waals surface area contributed by atoms with Gasteiger partial charge in [-0.3, -0.25) is 9.59 Å². The van der Waals surface area contributed by atoms with E-state index in [1.54, 1.807) is 47.4 Å². The molecule has 0 spiro atoms. The Morgan fingerprint density at radius 2 is 1.92 bits per heavy atom. The normalized spacial score (nSPS) is 15.9. The second kappa shape index (κ2) is 7.33. The van der Waals surface area contributed by atoms with Gasteiger partial charge in [0.2, 0.25) is 5.91 Å². The van der Waals surface area contributed by atoms with Crippen molar-refractivity contribution >= 4 is 40.7 Å². The zero-order valence-corrected chi connectivity index (χ0v) is 15.0. The highest BCUT2D eigenvalue weighted by Gasteiger charge is 2.38. The van der Waals surface area contributed by atoms with Crippen molar-refractivity contribution in [2.45, 2.75) is 13.0 Å². The third kappa shape index (κ3) is 3.72. The minimum atomic E-state index is -0.721. The zero-order valence-electron chi connectivity index (χ0n) is 13.5. The Balaban J connectivity index is 1.76. The third-order valence-electron chi connectivity index (χ3n) is 3.86. The van der Waals surface area contributed by atoms with Gasteiger partial charge < -0.3 is 15.0 Å². The van der Waals surface area contributed by atoms with Crippen LogP contribution < -0.4 is 15.0 Å². The first kappa shape index (κ1) is 17.6. The monoisotopic (exact) mass is 378 g/mol. The minimum Gasteiger partial charge on any atom is -0.492 e. The van der Waals surface area contributed by atoms with E-state index in [4.69, 9.17) is 27.9 Å². The SMILES string of the molecule is CC(=O)N[C@@H]1C(=O)N(CCOc2ccc(Cl)cc2)c2c(Cl)cccc21. The maximum absolute atomic E-state index is 12.7. The van der Waals surface area contributed by atoms with Crippen molar-refractivity contribution in [2.24, 2.45) is 0 Å². The fraction of sp³-hybridized carbons (Fsp3) is 0.222. The van der Waals surface area contributed by atoms with E-state index >= 15 is 0 Å². The van der Waals surface area contributed by atoms with Crippen LogP contribution in [-0.2, 0) is 9.59 Å². The van der Waals surface area contributed by atoms with E-state index < -0.39 is 6.04 Å². The number of carbonyl (C=O) groups excluding carboxylic acids is 2. The lowest BCUT2D eigenvalue weighted by Gasteiger charge is -2.19. The van der Waals surface area contributed by atoms with E-state index in [1.807, 2.05) is 0 Å². The number of nitrogens with zero attached hydrogens (tertiary/aromatic N) is 1. The molecule has 1 aliphatic heterocycles. The van der Waals surface area contributed by atoms with Gasteiger partial charge in [0, 0.05) is 17.5 Å². The molecule has 0 saturated heterocycles. The number of nitrogens with one attached hydrogen (secondary N) is 1. The number of para-hydroxylation sites is 1. The van der Waals surface area contributed by atoms with Gasteiger partial charge in [0.1, 0.15) is 18.4 Å². The highest BCUT2D eigenvalue weighted by atomic mass is 35.5. The van der Waals surface area contributed by atoms with Crippen molar-refractivity contribution in [1.29, 1.82) is 0 Å². The fourth-order valence-electron chi connectivity index (χ4n) is 2.80. The third-order valence-corrected chi connectivity index (χ3v) is 4.41. The Morgan fingerprint density at radius 1 is 1.20 bits per heavy atom. The van der Waals surface area contributed by atoms with Crippen LogP contribution in [0.25, 0.3) is 0 Å². The van der Waals surface area contributed by atoms with Gasteiger partial charge in [-0.25, -0.2) is 0 Å². The number of carbonyl (C=O) groups is 2. The van der Waals surface area contributed by atoms with Crippen LogP contribution in [0.15, 0.2) is 42.5 Å². The molecule has 7 heteroatoms. The molecule has 2 amide bonds. The lowest BCUT2D eigenvalue weighted by molar-refractivity contribution is -0.126. The first-order valence-corrected chi connectivity index (χ1v) is 8.48. The molecule has 1 heterocycles. The number of hydrogen-bond donors (Lipinski definition) is 1. The van der Waals surface area contributed by atoms with E-state index in [2.05, 4.69) is 5.32 Å². The first-order chi connectivity index (χ1) is 12.0. The number of fused-ring (bicyclic) bond motifs is 1. The van der Waals surface area contributed by atoms with Crippen molar-refractivity contribution in [1.82, 2.24) is 5.32 Å². The van der Waals surface area contributed by atoms with Crippen molar-refractivity contribution in [3.05, 3.63) is 58.1 Å². The van der Waals surface area contributed by atoms with Gasteiger partial charge in [-0.05, 0) is 30.3 Å². The number of halogens is 2. The lowest BCUT2D eigenvalue weighted by atomic mass is 10.1. The van der Waals surface area contributed by atoms with Crippen molar-refractivity contribution < 1.29 is 14.3 Å². The molecule has 0 aliphatic carbocycles. The largest absolute Gasteiger partial charge is 0.492 e. The van der Waals surface area contributed by atoms with Crippen LogP contribution in [-0.4, -0.2) is 25.0 Å². The Kier molecular flexibility index (Phi) is 5.16. The van der Waals surface area contributed by atoms with Gasteiger partial charge in [-0.1, -0.05) is 35.3 Å². The molecule has 2 aromatic carbocycles. The summed E-state index contributed by atoms with van der Waals surface area (Å²) >= 11 is 12.1. The summed E-state index contributed by atoms with van der Waals surface area (Å²) in [6.07, 6.45) is 0. The molecular weight excluding hydrogens is 363 g/mol. The smallest absolute Gasteiger partial charge is 0.254 e. The zero-order chi connectivity index (χ0) is 18.0. The second-order valence-corrected chi connectivity index (χ2v) is 6.45. The summed E-state index contributed by atoms with van der Waals surface area (Å²) in [5.41, 5.74) is 1.31. The van der Waals surface area contributed by atoms with Crippen LogP contribution in [0.4, 0.5) is 5.69 Å². The fourth-order valence-corrected chi connectivity index (χ4v) is 3.21. The summed E-state index contributed by atoms with van der Waals surface area (Å²) in [6.45, 7) is 1.98. The maximum atomic E-state index is 12.7. The highest BCUT2D eigenvalue weighted by molar-refractivity contribution is 6.34. The predicted octanol–water partition coefficient (Wildman–Crippen LogP) is 3.60. The Hall–Kier alpha value is -2.24. The maximum Gasteiger partial charge on any atom is 0.254 e. The number of amides is 2. The highest BCUT2D eigenvalue weighted by Crippen LogP contribution is 2.40. The van der Waals surface area contributed by atoms with Crippen LogP contribution in [0.1, 0.15) is 18.5 Å². The van der Waals surface area contributed by atoms with Crippen LogP contribution in [0.3, 0.4) is 0 Å². The quantitative estimate of drug-likeness (QED) is 0.864. The standard InChI is InChI=1S/C18H16Cl2N2O3/c1-11(23)21-16-14-3-2-4-15(20)17(14)22(18(16)24)9-10-25-13-7-5-12(19)6-8-13/h2-8,16H,9-10H2,1H3,(H,21,23)/t16-/m0/s1. The molecule has 0 fully saturated rings. The number of benzene rings is 2. The van der Waals surface area contributed by atoms with Gasteiger partial charge in [0.15, 0.2) is 0 Å². The Bertz CT molecular complexity index is 808. The molecule has 1 N–H and O–H groups in total. The summed E-state index contributed by atoms with van der Waals surface area (Å²) in [5.74, 6) is 0.162. The van der Waals surface area contributed by atoms with Crippen LogP contribution >= 0.6 is 23.2 Å². The van der Waals surface area contributed by atoms with Crippen molar-refractivity contribution in [3.63, 3.8) is 0 Å². The molecule has 5 nitrogen and oxygen atoms in total. The van der Waals surface area contributed by atoms with E-state index in [-0.39, 0.29) is 18.4 Å². The molecule has 130 valence electrons. The van der Waals surface area contributed by atoms with Crippen LogP contribution in [0.5, 0.6) is 5.75 Å². The molecular formula is C18H16Cl2N2O3. The number of hydrogen-bond acceptors (Lipinski definition) is 3. The Morgan fingerprint density at radius 3 is 2.60 bits per heavy atom. The summed E-state index contributed by atoms with van der Waals surface area (Å²) in [6, 6.07) is 11.5. The topological polar surface area (TPSA) is 58.6 Å². The van der Waals surface area contributed by atoms with Crippen molar-refractivity contribution in [3.8, 4) is 5.75 Å².